The van der Waals surface area contributed by atoms with E-state index in [1.54, 1.807) is 6.92 Å². The van der Waals surface area contributed by atoms with Crippen molar-refractivity contribution >= 4 is 27.5 Å². The number of halogens is 1. The van der Waals surface area contributed by atoms with Crippen LogP contribution >= 0.6 is 0 Å². The zero-order valence-corrected chi connectivity index (χ0v) is 26.3. The third-order valence-electron chi connectivity index (χ3n) is 7.16. The highest BCUT2D eigenvalue weighted by atomic mass is 32.2. The van der Waals surface area contributed by atoms with Crippen LogP contribution in [0, 0.1) is 12.7 Å². The minimum Gasteiger partial charge on any atom is -0.493 e. The number of anilines is 1. The summed E-state index contributed by atoms with van der Waals surface area (Å²) >= 11 is 0. The summed E-state index contributed by atoms with van der Waals surface area (Å²) in [7, 11) is -1.57. The summed E-state index contributed by atoms with van der Waals surface area (Å²) in [6.45, 7) is 7.00. The van der Waals surface area contributed by atoms with Gasteiger partial charge in [-0.3, -0.25) is 13.9 Å². The van der Waals surface area contributed by atoms with Crippen LogP contribution in [0.5, 0.6) is 11.5 Å². The summed E-state index contributed by atoms with van der Waals surface area (Å²) in [5.74, 6) is -0.974. The number of nitrogens with zero attached hydrogens (tertiary/aromatic N) is 2. The quantitative estimate of drug-likeness (QED) is 0.272. The van der Waals surface area contributed by atoms with Crippen molar-refractivity contribution in [1.82, 2.24) is 10.2 Å². The Kier molecular flexibility index (Phi) is 11.5. The van der Waals surface area contributed by atoms with Crippen molar-refractivity contribution in [2.24, 2.45) is 0 Å². The van der Waals surface area contributed by atoms with Crippen molar-refractivity contribution in [2.75, 3.05) is 25.1 Å². The molecule has 0 unspecified atom stereocenters. The van der Waals surface area contributed by atoms with E-state index in [1.807, 2.05) is 45.0 Å². The van der Waals surface area contributed by atoms with Gasteiger partial charge in [-0.25, -0.2) is 12.8 Å². The maximum atomic E-state index is 14.2. The molecule has 3 aromatic carbocycles. The lowest BCUT2D eigenvalue weighted by Gasteiger charge is -2.33. The normalized spacial score (nSPS) is 12.6. The number of ether oxygens (including phenoxy) is 2. The molecule has 3 rings (SSSR count). The summed E-state index contributed by atoms with van der Waals surface area (Å²) < 4.78 is 53.5. The molecule has 3 aromatic rings. The van der Waals surface area contributed by atoms with E-state index in [4.69, 9.17) is 9.47 Å². The molecule has 9 nitrogen and oxygen atoms in total. The van der Waals surface area contributed by atoms with Crippen molar-refractivity contribution < 1.29 is 31.9 Å². The third-order valence-corrected chi connectivity index (χ3v) is 8.93. The molecule has 0 aliphatic rings. The number of aryl methyl sites for hydroxylation is 1. The van der Waals surface area contributed by atoms with Crippen molar-refractivity contribution in [1.29, 1.82) is 0 Å². The van der Waals surface area contributed by atoms with Crippen LogP contribution in [0.3, 0.4) is 0 Å². The predicted octanol–water partition coefficient (Wildman–Crippen LogP) is 5.07. The van der Waals surface area contributed by atoms with Crippen LogP contribution in [-0.4, -0.2) is 58.0 Å². The smallest absolute Gasteiger partial charge is 0.264 e. The molecule has 0 aliphatic heterocycles. The van der Waals surface area contributed by atoms with Gasteiger partial charge in [0.15, 0.2) is 11.5 Å². The zero-order valence-electron chi connectivity index (χ0n) is 25.5. The van der Waals surface area contributed by atoms with Gasteiger partial charge in [0.1, 0.15) is 18.4 Å². The molecular formula is C32H40FN3O6S. The van der Waals surface area contributed by atoms with Gasteiger partial charge in [0.05, 0.1) is 24.8 Å². The molecule has 0 aliphatic carbocycles. The third kappa shape index (κ3) is 8.25. The van der Waals surface area contributed by atoms with Crippen molar-refractivity contribution in [3.05, 3.63) is 83.7 Å². The molecule has 0 spiro atoms. The molecule has 1 N–H and O–H groups in total. The van der Waals surface area contributed by atoms with Crippen LogP contribution in [0.2, 0.25) is 0 Å². The summed E-state index contributed by atoms with van der Waals surface area (Å²) in [4.78, 5) is 28.8. The summed E-state index contributed by atoms with van der Waals surface area (Å²) in [5, 5.41) is 2.95. The fourth-order valence-corrected chi connectivity index (χ4v) is 6.04. The first-order valence-corrected chi connectivity index (χ1v) is 15.5. The fourth-order valence-electron chi connectivity index (χ4n) is 4.61. The Morgan fingerprint density at radius 3 is 2.19 bits per heavy atom. The average Bonchev–Trinajstić information content (AvgIpc) is 2.99. The number of sulfonamides is 1. The second-order valence-corrected chi connectivity index (χ2v) is 12.1. The molecule has 0 aromatic heterocycles. The number of methoxy groups -OCH3 is 2. The van der Waals surface area contributed by atoms with Crippen LogP contribution in [0.4, 0.5) is 10.1 Å². The van der Waals surface area contributed by atoms with E-state index >= 15 is 0 Å². The van der Waals surface area contributed by atoms with Gasteiger partial charge in [-0.1, -0.05) is 43.7 Å². The van der Waals surface area contributed by atoms with E-state index in [2.05, 4.69) is 5.32 Å². The number of hydrogen-bond donors (Lipinski definition) is 1. The molecule has 0 radical (unpaired) electrons. The van der Waals surface area contributed by atoms with Gasteiger partial charge in [-0.2, -0.15) is 0 Å². The first kappa shape index (κ1) is 33.4. The van der Waals surface area contributed by atoms with Crippen LogP contribution in [0.25, 0.3) is 0 Å². The van der Waals surface area contributed by atoms with Gasteiger partial charge in [-0.05, 0) is 68.7 Å². The molecular weight excluding hydrogens is 573 g/mol. The lowest BCUT2D eigenvalue weighted by atomic mass is 10.1. The zero-order chi connectivity index (χ0) is 31.7. The monoisotopic (exact) mass is 613 g/mol. The number of rotatable bonds is 14. The van der Waals surface area contributed by atoms with Crippen molar-refractivity contribution in [2.45, 2.75) is 64.1 Å². The highest BCUT2D eigenvalue weighted by molar-refractivity contribution is 7.92. The number of hydrogen-bond acceptors (Lipinski definition) is 6. The summed E-state index contributed by atoms with van der Waals surface area (Å²) in [6.07, 6.45) is 1.01. The lowest BCUT2D eigenvalue weighted by molar-refractivity contribution is -0.140. The maximum absolute atomic E-state index is 14.2. The molecule has 0 fully saturated rings. The molecule has 0 saturated carbocycles. The molecule has 11 heteroatoms. The molecule has 0 bridgehead atoms. The SMILES string of the molecule is CC[C@@H](C)NC(=O)[C@H](CC)N(Cc1cccc(C)c1)C(=O)CN(c1ccc(F)cc1)S(=O)(=O)c1ccc(OC)c(OC)c1. The van der Waals surface area contributed by atoms with Crippen LogP contribution in [0.15, 0.2) is 71.6 Å². The van der Waals surface area contributed by atoms with E-state index in [0.717, 1.165) is 27.6 Å². The van der Waals surface area contributed by atoms with Gasteiger partial charge in [0.2, 0.25) is 11.8 Å². The molecule has 232 valence electrons. The average molecular weight is 614 g/mol. The number of amides is 2. The van der Waals surface area contributed by atoms with E-state index in [-0.39, 0.29) is 34.8 Å². The molecule has 0 saturated heterocycles. The van der Waals surface area contributed by atoms with E-state index < -0.39 is 34.3 Å². The Morgan fingerprint density at radius 1 is 0.930 bits per heavy atom. The number of benzene rings is 3. The van der Waals surface area contributed by atoms with Crippen molar-refractivity contribution in [3.63, 3.8) is 0 Å². The van der Waals surface area contributed by atoms with Gasteiger partial charge in [0, 0.05) is 18.7 Å². The van der Waals surface area contributed by atoms with Crippen LogP contribution in [0.1, 0.15) is 44.7 Å². The predicted molar refractivity (Wildman–Crippen MR) is 164 cm³/mol. The molecule has 2 amide bonds. The maximum Gasteiger partial charge on any atom is 0.264 e. The Labute approximate surface area is 253 Å². The Hall–Kier alpha value is -4.12. The number of nitrogens with one attached hydrogen (secondary N) is 1. The largest absolute Gasteiger partial charge is 0.493 e. The summed E-state index contributed by atoms with van der Waals surface area (Å²) in [6, 6.07) is 15.5. The minimum absolute atomic E-state index is 0.0807. The van der Waals surface area contributed by atoms with Crippen molar-refractivity contribution in [3.8, 4) is 11.5 Å². The number of carbonyl (C=O) groups excluding carboxylic acids is 2. The van der Waals surface area contributed by atoms with E-state index in [0.29, 0.717) is 18.6 Å². The molecule has 43 heavy (non-hydrogen) atoms. The minimum atomic E-state index is -4.38. The number of carbonyl (C=O) groups is 2. The Balaban J connectivity index is 2.10. The van der Waals surface area contributed by atoms with Crippen LogP contribution < -0.4 is 19.1 Å². The highest BCUT2D eigenvalue weighted by Crippen LogP contribution is 2.32. The molecule has 2 atom stereocenters. The van der Waals surface area contributed by atoms with Gasteiger partial charge in [-0.15, -0.1) is 0 Å². The summed E-state index contributed by atoms with van der Waals surface area (Å²) in [5.41, 5.74) is 1.85. The van der Waals surface area contributed by atoms with Crippen LogP contribution in [-0.2, 0) is 26.2 Å². The molecule has 0 heterocycles. The van der Waals surface area contributed by atoms with E-state index in [9.17, 15) is 22.4 Å². The second-order valence-electron chi connectivity index (χ2n) is 10.3. The Morgan fingerprint density at radius 2 is 1.60 bits per heavy atom. The first-order valence-electron chi connectivity index (χ1n) is 14.1. The van der Waals surface area contributed by atoms with Gasteiger partial charge >= 0.3 is 0 Å². The standard InChI is InChI=1S/C32H40FN3O6S/c1-7-23(4)34-32(38)28(8-2)35(20-24-11-9-10-22(3)18-24)31(37)21-36(26-14-12-25(33)13-15-26)43(39,40)27-16-17-29(41-5)30(19-27)42-6/h9-19,23,28H,7-8,20-21H2,1-6H3,(H,34,38)/t23-,28+/m1/s1. The lowest BCUT2D eigenvalue weighted by Crippen LogP contribution is -2.53. The van der Waals surface area contributed by atoms with Gasteiger partial charge < -0.3 is 19.7 Å². The van der Waals surface area contributed by atoms with Gasteiger partial charge in [0.25, 0.3) is 10.0 Å². The van der Waals surface area contributed by atoms with E-state index in [1.165, 1.54) is 49.5 Å². The topological polar surface area (TPSA) is 105 Å². The Bertz CT molecular complexity index is 1510. The highest BCUT2D eigenvalue weighted by Gasteiger charge is 2.34. The second kappa shape index (κ2) is 14.9. The first-order chi connectivity index (χ1) is 20.4. The fraction of sp³-hybridized carbons (Fsp3) is 0.375.